The van der Waals surface area contributed by atoms with Crippen LogP contribution in [0.1, 0.15) is 17.0 Å². The third kappa shape index (κ3) is 4.08. The number of esters is 1. The summed E-state index contributed by atoms with van der Waals surface area (Å²) in [6, 6.07) is 11.3. The summed E-state index contributed by atoms with van der Waals surface area (Å²) in [6.07, 6.45) is 1.69. The molecule has 1 saturated heterocycles. The molecule has 3 rings (SSSR count). The van der Waals surface area contributed by atoms with Crippen LogP contribution in [0.5, 0.6) is 0 Å². The van der Waals surface area contributed by atoms with E-state index in [1.165, 1.54) is 23.3 Å². The number of carbonyl (C=O) groups is 2. The fourth-order valence-electron chi connectivity index (χ4n) is 2.79. The summed E-state index contributed by atoms with van der Waals surface area (Å²) in [5.74, 6) is -1.28. The highest BCUT2D eigenvalue weighted by molar-refractivity contribution is 7.91. The van der Waals surface area contributed by atoms with E-state index in [1.807, 2.05) is 0 Å². The lowest BCUT2D eigenvalue weighted by Crippen LogP contribution is -2.43. The maximum atomic E-state index is 12.6. The van der Waals surface area contributed by atoms with E-state index < -0.39 is 34.4 Å². The first kappa shape index (κ1) is 17.2. The molecular weight excluding hydrogens is 346 g/mol. The number of nitrogens with zero attached hydrogens (tertiary/aromatic N) is 1. The molecule has 2 aromatic rings. The number of hydrogen-bond acceptors (Lipinski definition) is 6. The number of benzene rings is 1. The van der Waals surface area contributed by atoms with Crippen LogP contribution in [0.3, 0.4) is 0 Å². The van der Waals surface area contributed by atoms with Crippen LogP contribution in [-0.2, 0) is 19.4 Å². The Balaban J connectivity index is 1.75. The van der Waals surface area contributed by atoms with Crippen molar-refractivity contribution in [2.24, 2.45) is 0 Å². The number of amides is 1. The third-order valence-electron chi connectivity index (χ3n) is 3.93. The Hall–Kier alpha value is -2.61. The first-order valence-electron chi connectivity index (χ1n) is 7.74. The largest absolute Gasteiger partial charge is 0.457 e. The van der Waals surface area contributed by atoms with E-state index in [0.717, 1.165) is 0 Å². The van der Waals surface area contributed by atoms with Crippen molar-refractivity contribution < 1.29 is 27.2 Å². The zero-order valence-electron chi connectivity index (χ0n) is 13.3. The van der Waals surface area contributed by atoms with Crippen LogP contribution in [0.2, 0.25) is 0 Å². The van der Waals surface area contributed by atoms with Crippen molar-refractivity contribution >= 4 is 27.4 Å². The predicted molar refractivity (Wildman–Crippen MR) is 90.0 cm³/mol. The van der Waals surface area contributed by atoms with Crippen LogP contribution < -0.4 is 4.90 Å². The Bertz CT molecular complexity index is 845. The lowest BCUT2D eigenvalue weighted by Gasteiger charge is -2.28. The second kappa shape index (κ2) is 7.10. The zero-order valence-corrected chi connectivity index (χ0v) is 14.1. The zero-order chi connectivity index (χ0) is 17.9. The van der Waals surface area contributed by atoms with E-state index in [2.05, 4.69) is 0 Å². The van der Waals surface area contributed by atoms with Gasteiger partial charge in [0.1, 0.15) is 0 Å². The van der Waals surface area contributed by atoms with Crippen LogP contribution in [0.15, 0.2) is 53.1 Å². The molecule has 8 heteroatoms. The lowest BCUT2D eigenvalue weighted by molar-refractivity contribution is -0.122. The van der Waals surface area contributed by atoms with Gasteiger partial charge in [0.05, 0.1) is 23.8 Å². The van der Waals surface area contributed by atoms with Crippen LogP contribution >= 0.6 is 0 Å². The molecule has 2 heterocycles. The molecule has 1 amide bonds. The van der Waals surface area contributed by atoms with E-state index in [4.69, 9.17) is 9.15 Å². The molecule has 0 aliphatic carbocycles. The van der Waals surface area contributed by atoms with E-state index >= 15 is 0 Å². The van der Waals surface area contributed by atoms with Gasteiger partial charge in [-0.1, -0.05) is 18.2 Å². The van der Waals surface area contributed by atoms with Crippen LogP contribution in [-0.4, -0.2) is 44.4 Å². The van der Waals surface area contributed by atoms with Gasteiger partial charge in [-0.2, -0.15) is 0 Å². The number of furan rings is 1. The molecule has 132 valence electrons. The molecule has 1 aromatic heterocycles. The fraction of sp³-hybridized carbons (Fsp3) is 0.294. The maximum absolute atomic E-state index is 12.6. The van der Waals surface area contributed by atoms with Gasteiger partial charge in [0.15, 0.2) is 16.4 Å². The van der Waals surface area contributed by atoms with Gasteiger partial charge in [-0.25, -0.2) is 13.2 Å². The molecular formula is C17H17NO6S. The van der Waals surface area contributed by atoms with Crippen molar-refractivity contribution in [1.29, 1.82) is 0 Å². The Morgan fingerprint density at radius 1 is 1.16 bits per heavy atom. The first-order valence-corrected chi connectivity index (χ1v) is 9.56. The third-order valence-corrected chi connectivity index (χ3v) is 5.68. The van der Waals surface area contributed by atoms with Crippen LogP contribution in [0.4, 0.5) is 5.69 Å². The normalized spacial score (nSPS) is 18.6. The van der Waals surface area contributed by atoms with Gasteiger partial charge in [0.2, 0.25) is 5.76 Å². The number of carbonyl (C=O) groups excluding carboxylic acids is 2. The molecule has 0 spiro atoms. The molecule has 0 saturated carbocycles. The van der Waals surface area contributed by atoms with E-state index in [9.17, 15) is 18.0 Å². The van der Waals surface area contributed by atoms with Crippen LogP contribution in [0, 0.1) is 0 Å². The van der Waals surface area contributed by atoms with E-state index in [-0.39, 0.29) is 17.3 Å². The Labute approximate surface area is 145 Å². The number of ether oxygens (including phenoxy) is 1. The molecule has 7 nitrogen and oxygen atoms in total. The average Bonchev–Trinajstić information content (AvgIpc) is 3.24. The van der Waals surface area contributed by atoms with Gasteiger partial charge in [-0.05, 0) is 30.7 Å². The number of rotatable bonds is 5. The Kier molecular flexibility index (Phi) is 4.89. The summed E-state index contributed by atoms with van der Waals surface area (Å²) in [6.45, 7) is -0.495. The Morgan fingerprint density at radius 2 is 1.92 bits per heavy atom. The van der Waals surface area contributed by atoms with Gasteiger partial charge < -0.3 is 14.1 Å². The minimum Gasteiger partial charge on any atom is -0.457 e. The minimum atomic E-state index is -3.17. The molecule has 1 aliphatic rings. The fourth-order valence-corrected chi connectivity index (χ4v) is 4.49. The molecule has 0 unspecified atom stereocenters. The molecule has 0 N–H and O–H groups in total. The van der Waals surface area contributed by atoms with Crippen molar-refractivity contribution in [3.63, 3.8) is 0 Å². The van der Waals surface area contributed by atoms with Gasteiger partial charge >= 0.3 is 5.97 Å². The minimum absolute atomic E-state index is 0.00232. The quantitative estimate of drug-likeness (QED) is 0.750. The molecule has 1 fully saturated rings. The maximum Gasteiger partial charge on any atom is 0.374 e. The molecule has 1 aromatic carbocycles. The smallest absolute Gasteiger partial charge is 0.374 e. The van der Waals surface area contributed by atoms with Crippen molar-refractivity contribution in [2.45, 2.75) is 12.5 Å². The lowest BCUT2D eigenvalue weighted by atomic mass is 10.2. The van der Waals surface area contributed by atoms with Crippen molar-refractivity contribution in [3.8, 4) is 0 Å². The summed E-state index contributed by atoms with van der Waals surface area (Å²) in [5.41, 5.74) is 0.573. The second-order valence-electron chi connectivity index (χ2n) is 5.71. The SMILES string of the molecule is O=C(OCC(=O)N(c1ccccc1)[C@H]1CCS(=O)(=O)C1)c1ccco1. The van der Waals surface area contributed by atoms with Crippen molar-refractivity contribution in [2.75, 3.05) is 23.0 Å². The second-order valence-corrected chi connectivity index (χ2v) is 7.94. The van der Waals surface area contributed by atoms with Gasteiger partial charge in [0.25, 0.3) is 5.91 Å². The summed E-state index contributed by atoms with van der Waals surface area (Å²) >= 11 is 0. The van der Waals surface area contributed by atoms with Crippen LogP contribution in [0.25, 0.3) is 0 Å². The number of sulfone groups is 1. The number of anilines is 1. The standard InChI is InChI=1S/C17H17NO6S/c19-16(11-24-17(20)15-7-4-9-23-15)18(13-5-2-1-3-6-13)14-8-10-25(21,22)12-14/h1-7,9,14H,8,10-12H2/t14-/m0/s1. The summed E-state index contributed by atoms with van der Waals surface area (Å²) in [7, 11) is -3.17. The van der Waals surface area contributed by atoms with Crippen molar-refractivity contribution in [3.05, 3.63) is 54.5 Å². The average molecular weight is 363 g/mol. The first-order chi connectivity index (χ1) is 12.0. The van der Waals surface area contributed by atoms with Gasteiger partial charge in [-0.15, -0.1) is 0 Å². The summed E-state index contributed by atoms with van der Waals surface area (Å²) in [4.78, 5) is 25.9. The highest BCUT2D eigenvalue weighted by Gasteiger charge is 2.35. The monoisotopic (exact) mass is 363 g/mol. The van der Waals surface area contributed by atoms with Crippen molar-refractivity contribution in [1.82, 2.24) is 0 Å². The van der Waals surface area contributed by atoms with Gasteiger partial charge in [-0.3, -0.25) is 4.79 Å². The predicted octanol–water partition coefficient (Wildman–Crippen LogP) is 1.66. The highest BCUT2D eigenvalue weighted by atomic mass is 32.2. The van der Waals surface area contributed by atoms with E-state index in [0.29, 0.717) is 12.1 Å². The summed E-state index contributed by atoms with van der Waals surface area (Å²) in [5, 5.41) is 0. The molecule has 1 aliphatic heterocycles. The molecule has 0 bridgehead atoms. The summed E-state index contributed by atoms with van der Waals surface area (Å²) < 4.78 is 33.5. The topological polar surface area (TPSA) is 93.9 Å². The molecule has 25 heavy (non-hydrogen) atoms. The number of para-hydroxylation sites is 1. The molecule has 0 radical (unpaired) electrons. The highest BCUT2D eigenvalue weighted by Crippen LogP contribution is 2.24. The van der Waals surface area contributed by atoms with Gasteiger partial charge in [0, 0.05) is 5.69 Å². The Morgan fingerprint density at radius 3 is 2.52 bits per heavy atom. The number of hydrogen-bond donors (Lipinski definition) is 0. The molecule has 1 atom stereocenters. The van der Waals surface area contributed by atoms with E-state index in [1.54, 1.807) is 30.3 Å².